The fraction of sp³-hybridized carbons (Fsp3) is 0.364. The lowest BCUT2D eigenvalue weighted by Gasteiger charge is -2.08. The van der Waals surface area contributed by atoms with Crippen molar-refractivity contribution < 1.29 is 9.90 Å². The van der Waals surface area contributed by atoms with Crippen LogP contribution in [0, 0.1) is 6.92 Å². The zero-order valence-electron chi connectivity index (χ0n) is 8.79. The molecule has 1 aromatic carbocycles. The highest BCUT2D eigenvalue weighted by Gasteiger charge is 1.99. The second-order valence-corrected chi connectivity index (χ2v) is 3.44. The molecule has 0 heterocycles. The Bertz CT molecular complexity index is 350. The van der Waals surface area contributed by atoms with Crippen LogP contribution in [0.2, 0.25) is 0 Å². The minimum Gasteiger partial charge on any atom is -0.392 e. The topological polar surface area (TPSA) is 75.3 Å². The first-order valence-corrected chi connectivity index (χ1v) is 4.86. The molecule has 4 N–H and O–H groups in total. The summed E-state index contributed by atoms with van der Waals surface area (Å²) in [5.41, 5.74) is 7.90. The number of rotatable bonds is 5. The maximum Gasteiger partial charge on any atom is 0.219 e. The number of carbonyl (C=O) groups is 1. The zero-order valence-corrected chi connectivity index (χ0v) is 8.79. The van der Waals surface area contributed by atoms with Gasteiger partial charge in [0.1, 0.15) is 0 Å². The molecule has 0 aromatic heterocycles. The smallest absolute Gasteiger partial charge is 0.219 e. The number of anilines is 1. The van der Waals surface area contributed by atoms with Crippen molar-refractivity contribution in [3.63, 3.8) is 0 Å². The molecule has 0 bridgehead atoms. The molecule has 4 heteroatoms. The standard InChI is InChI=1S/C11H16N2O2/c1-8-6-10(3-2-9(8)7-14)13-5-4-11(12)15/h2-3,6,13-14H,4-5,7H2,1H3,(H2,12,15). The van der Waals surface area contributed by atoms with Crippen molar-refractivity contribution in [3.8, 4) is 0 Å². The van der Waals surface area contributed by atoms with E-state index in [1.165, 1.54) is 0 Å². The number of aryl methyl sites for hydroxylation is 1. The van der Waals surface area contributed by atoms with Crippen LogP contribution in [0.3, 0.4) is 0 Å². The Morgan fingerprint density at radius 3 is 2.80 bits per heavy atom. The van der Waals surface area contributed by atoms with Crippen LogP contribution in [0.5, 0.6) is 0 Å². The van der Waals surface area contributed by atoms with Crippen LogP contribution < -0.4 is 11.1 Å². The largest absolute Gasteiger partial charge is 0.392 e. The van der Waals surface area contributed by atoms with Gasteiger partial charge in [-0.3, -0.25) is 4.79 Å². The number of aliphatic hydroxyl groups is 1. The first-order valence-electron chi connectivity index (χ1n) is 4.86. The molecule has 4 nitrogen and oxygen atoms in total. The predicted octanol–water partition coefficient (Wildman–Crippen LogP) is 0.775. The molecule has 0 spiro atoms. The molecule has 0 atom stereocenters. The molecule has 1 amide bonds. The monoisotopic (exact) mass is 208 g/mol. The number of hydrogen-bond donors (Lipinski definition) is 3. The number of aliphatic hydroxyl groups excluding tert-OH is 1. The van der Waals surface area contributed by atoms with Gasteiger partial charge in [-0.15, -0.1) is 0 Å². The van der Waals surface area contributed by atoms with Crippen LogP contribution in [-0.2, 0) is 11.4 Å². The van der Waals surface area contributed by atoms with Gasteiger partial charge in [-0.25, -0.2) is 0 Å². The van der Waals surface area contributed by atoms with Crippen LogP contribution >= 0.6 is 0 Å². The third kappa shape index (κ3) is 3.59. The van der Waals surface area contributed by atoms with Crippen molar-refractivity contribution in [2.45, 2.75) is 20.0 Å². The van der Waals surface area contributed by atoms with Crippen molar-refractivity contribution in [2.75, 3.05) is 11.9 Å². The van der Waals surface area contributed by atoms with Gasteiger partial charge >= 0.3 is 0 Å². The Balaban J connectivity index is 2.55. The summed E-state index contributed by atoms with van der Waals surface area (Å²) in [6.07, 6.45) is 0.320. The predicted molar refractivity (Wildman–Crippen MR) is 59.4 cm³/mol. The highest BCUT2D eigenvalue weighted by atomic mass is 16.3. The van der Waals surface area contributed by atoms with Crippen LogP contribution in [-0.4, -0.2) is 17.6 Å². The Morgan fingerprint density at radius 1 is 1.53 bits per heavy atom. The normalized spacial score (nSPS) is 10.0. The van der Waals surface area contributed by atoms with Crippen molar-refractivity contribution in [3.05, 3.63) is 29.3 Å². The highest BCUT2D eigenvalue weighted by Crippen LogP contribution is 2.14. The van der Waals surface area contributed by atoms with Gasteiger partial charge in [0.2, 0.25) is 5.91 Å². The van der Waals surface area contributed by atoms with Gasteiger partial charge in [-0.1, -0.05) is 6.07 Å². The number of nitrogens with two attached hydrogens (primary N) is 1. The van der Waals surface area contributed by atoms with Gasteiger partial charge in [-0.2, -0.15) is 0 Å². The van der Waals surface area contributed by atoms with E-state index in [9.17, 15) is 4.79 Å². The van der Waals surface area contributed by atoms with Gasteiger partial charge in [-0.05, 0) is 30.2 Å². The first-order chi connectivity index (χ1) is 7.13. The molecule has 0 saturated heterocycles. The molecular weight excluding hydrogens is 192 g/mol. The van der Waals surface area contributed by atoms with E-state index in [4.69, 9.17) is 10.8 Å². The number of benzene rings is 1. The Labute approximate surface area is 89.1 Å². The number of amides is 1. The molecule has 0 aliphatic rings. The molecular formula is C11H16N2O2. The van der Waals surface area contributed by atoms with Gasteiger partial charge < -0.3 is 16.2 Å². The summed E-state index contributed by atoms with van der Waals surface area (Å²) >= 11 is 0. The fourth-order valence-corrected chi connectivity index (χ4v) is 1.31. The second kappa shape index (κ2) is 5.36. The molecule has 0 saturated carbocycles. The molecule has 82 valence electrons. The summed E-state index contributed by atoms with van der Waals surface area (Å²) in [4.78, 5) is 10.5. The van der Waals surface area contributed by atoms with Gasteiger partial charge in [0, 0.05) is 18.7 Å². The van der Waals surface area contributed by atoms with E-state index in [0.29, 0.717) is 13.0 Å². The molecule has 1 aromatic rings. The summed E-state index contributed by atoms with van der Waals surface area (Å²) in [6, 6.07) is 5.67. The molecule has 0 radical (unpaired) electrons. The summed E-state index contributed by atoms with van der Waals surface area (Å²) in [5.74, 6) is -0.314. The number of primary amides is 1. The summed E-state index contributed by atoms with van der Waals surface area (Å²) in [5, 5.41) is 12.1. The van der Waals surface area contributed by atoms with Gasteiger partial charge in [0.15, 0.2) is 0 Å². The van der Waals surface area contributed by atoms with E-state index >= 15 is 0 Å². The average Bonchev–Trinajstić information content (AvgIpc) is 2.17. The van der Waals surface area contributed by atoms with Gasteiger partial charge in [0.05, 0.1) is 6.61 Å². The molecule has 0 unspecified atom stereocenters. The van der Waals surface area contributed by atoms with E-state index < -0.39 is 0 Å². The Hall–Kier alpha value is -1.55. The van der Waals surface area contributed by atoms with Crippen LogP contribution in [0.1, 0.15) is 17.5 Å². The quantitative estimate of drug-likeness (QED) is 0.669. The van der Waals surface area contributed by atoms with E-state index in [-0.39, 0.29) is 12.5 Å². The third-order valence-electron chi connectivity index (χ3n) is 2.21. The molecule has 15 heavy (non-hydrogen) atoms. The maximum atomic E-state index is 10.5. The van der Waals surface area contributed by atoms with E-state index in [0.717, 1.165) is 16.8 Å². The van der Waals surface area contributed by atoms with Crippen LogP contribution in [0.4, 0.5) is 5.69 Å². The number of carbonyl (C=O) groups excluding carboxylic acids is 1. The fourth-order valence-electron chi connectivity index (χ4n) is 1.31. The molecule has 0 fully saturated rings. The third-order valence-corrected chi connectivity index (χ3v) is 2.21. The second-order valence-electron chi connectivity index (χ2n) is 3.44. The highest BCUT2D eigenvalue weighted by molar-refractivity contribution is 5.74. The Morgan fingerprint density at radius 2 is 2.27 bits per heavy atom. The van der Waals surface area contributed by atoms with Gasteiger partial charge in [0.25, 0.3) is 0 Å². The zero-order chi connectivity index (χ0) is 11.3. The summed E-state index contributed by atoms with van der Waals surface area (Å²) in [6.45, 7) is 2.52. The number of hydrogen-bond acceptors (Lipinski definition) is 3. The Kier molecular flexibility index (Phi) is 4.12. The molecule has 0 aliphatic carbocycles. The average molecular weight is 208 g/mol. The van der Waals surface area contributed by atoms with E-state index in [1.807, 2.05) is 25.1 Å². The van der Waals surface area contributed by atoms with Crippen molar-refractivity contribution >= 4 is 11.6 Å². The lowest BCUT2D eigenvalue weighted by atomic mass is 10.1. The van der Waals surface area contributed by atoms with Crippen molar-refractivity contribution in [2.24, 2.45) is 5.73 Å². The minimum atomic E-state index is -0.314. The minimum absolute atomic E-state index is 0.0490. The SMILES string of the molecule is Cc1cc(NCCC(N)=O)ccc1CO. The summed E-state index contributed by atoms with van der Waals surface area (Å²) in [7, 11) is 0. The number of nitrogens with one attached hydrogen (secondary N) is 1. The molecule has 0 aliphatic heterocycles. The lowest BCUT2D eigenvalue weighted by molar-refractivity contribution is -0.117. The maximum absolute atomic E-state index is 10.5. The van der Waals surface area contributed by atoms with Crippen LogP contribution in [0.15, 0.2) is 18.2 Å². The molecule has 1 rings (SSSR count). The summed E-state index contributed by atoms with van der Waals surface area (Å²) < 4.78 is 0. The van der Waals surface area contributed by atoms with E-state index in [1.54, 1.807) is 0 Å². The lowest BCUT2D eigenvalue weighted by Crippen LogP contribution is -2.15. The van der Waals surface area contributed by atoms with E-state index in [2.05, 4.69) is 5.32 Å². The van der Waals surface area contributed by atoms with Crippen molar-refractivity contribution in [1.82, 2.24) is 0 Å². The van der Waals surface area contributed by atoms with Crippen molar-refractivity contribution in [1.29, 1.82) is 0 Å². The first kappa shape index (κ1) is 11.5. The van der Waals surface area contributed by atoms with Crippen LogP contribution in [0.25, 0.3) is 0 Å².